The summed E-state index contributed by atoms with van der Waals surface area (Å²) in [5.74, 6) is -4.30. The van der Waals surface area contributed by atoms with Crippen LogP contribution in [0.15, 0.2) is 18.2 Å². The van der Waals surface area contributed by atoms with Crippen LogP contribution in [0.25, 0.3) is 0 Å². The quantitative estimate of drug-likeness (QED) is 0.863. The van der Waals surface area contributed by atoms with E-state index in [-0.39, 0.29) is 30.6 Å². The van der Waals surface area contributed by atoms with E-state index in [9.17, 15) is 23.2 Å². The van der Waals surface area contributed by atoms with Crippen LogP contribution in [0, 0.1) is 23.5 Å². The molecule has 0 aromatic heterocycles. The van der Waals surface area contributed by atoms with Crippen molar-refractivity contribution in [2.45, 2.75) is 31.7 Å². The van der Waals surface area contributed by atoms with Gasteiger partial charge in [0.05, 0.1) is 17.5 Å². The van der Waals surface area contributed by atoms with Crippen molar-refractivity contribution in [3.63, 3.8) is 0 Å². The van der Waals surface area contributed by atoms with Crippen LogP contribution in [0.4, 0.5) is 14.5 Å². The van der Waals surface area contributed by atoms with Crippen LogP contribution in [-0.4, -0.2) is 35.5 Å². The van der Waals surface area contributed by atoms with E-state index in [2.05, 4.69) is 5.32 Å². The highest BCUT2D eigenvalue weighted by Gasteiger charge is 2.38. The fourth-order valence-electron chi connectivity index (χ4n) is 3.47. The molecule has 1 aromatic carbocycles. The van der Waals surface area contributed by atoms with Crippen molar-refractivity contribution in [2.75, 3.05) is 11.4 Å². The molecular formula is C17H18F2N2O4. The van der Waals surface area contributed by atoms with Gasteiger partial charge in [-0.1, -0.05) is 0 Å². The van der Waals surface area contributed by atoms with E-state index in [0.717, 1.165) is 11.0 Å². The molecule has 25 heavy (non-hydrogen) atoms. The first-order chi connectivity index (χ1) is 11.8. The van der Waals surface area contributed by atoms with Crippen LogP contribution >= 0.6 is 0 Å². The van der Waals surface area contributed by atoms with Gasteiger partial charge in [-0.25, -0.2) is 8.78 Å². The summed E-state index contributed by atoms with van der Waals surface area (Å²) in [7, 11) is 0. The standard InChI is InChI=1S/C17H18F2N2O4/c18-11-2-4-14(13(19)7-11)21-8-10(6-15(21)22)16(23)20-12-3-1-9(5-12)17(24)25/h2,4,7,9-10,12H,1,3,5-6,8H2,(H,20,23)(H,24,25)/t9-,10?,12+/m1/s1. The largest absolute Gasteiger partial charge is 0.481 e. The lowest BCUT2D eigenvalue weighted by Gasteiger charge is -2.18. The predicted octanol–water partition coefficient (Wildman–Crippen LogP) is 1.69. The van der Waals surface area contributed by atoms with Gasteiger partial charge in [-0.15, -0.1) is 0 Å². The predicted molar refractivity (Wildman–Crippen MR) is 83.7 cm³/mol. The first kappa shape index (κ1) is 17.3. The third-order valence-electron chi connectivity index (χ3n) is 4.82. The van der Waals surface area contributed by atoms with Gasteiger partial charge in [-0.2, -0.15) is 0 Å². The Kier molecular flexibility index (Phi) is 4.69. The number of nitrogens with one attached hydrogen (secondary N) is 1. The Balaban J connectivity index is 1.62. The number of hydrogen-bond acceptors (Lipinski definition) is 3. The summed E-state index contributed by atoms with van der Waals surface area (Å²) in [4.78, 5) is 36.6. The number of carbonyl (C=O) groups is 3. The molecule has 1 unspecified atom stereocenters. The van der Waals surface area contributed by atoms with Crippen LogP contribution in [0.2, 0.25) is 0 Å². The Hall–Kier alpha value is -2.51. The molecule has 3 rings (SSSR count). The molecule has 1 aliphatic heterocycles. The molecular weight excluding hydrogens is 334 g/mol. The molecule has 1 aromatic rings. The molecule has 1 aliphatic carbocycles. The molecule has 0 bridgehead atoms. The number of anilines is 1. The Bertz CT molecular complexity index is 725. The third kappa shape index (κ3) is 3.62. The highest BCUT2D eigenvalue weighted by molar-refractivity contribution is 6.00. The van der Waals surface area contributed by atoms with Crippen molar-refractivity contribution in [1.82, 2.24) is 5.32 Å². The molecule has 2 fully saturated rings. The van der Waals surface area contributed by atoms with E-state index in [1.807, 2.05) is 0 Å². The smallest absolute Gasteiger partial charge is 0.306 e. The maximum atomic E-state index is 13.9. The minimum Gasteiger partial charge on any atom is -0.481 e. The summed E-state index contributed by atoms with van der Waals surface area (Å²) in [6, 6.07) is 2.71. The second-order valence-corrected chi connectivity index (χ2v) is 6.55. The number of rotatable bonds is 4. The lowest BCUT2D eigenvalue weighted by molar-refractivity contribution is -0.141. The van der Waals surface area contributed by atoms with Crippen LogP contribution in [0.5, 0.6) is 0 Å². The summed E-state index contributed by atoms with van der Waals surface area (Å²) >= 11 is 0. The van der Waals surface area contributed by atoms with Crippen LogP contribution in [-0.2, 0) is 14.4 Å². The molecule has 0 radical (unpaired) electrons. The van der Waals surface area contributed by atoms with E-state index in [0.29, 0.717) is 25.3 Å². The number of aliphatic carboxylic acids is 1. The highest BCUT2D eigenvalue weighted by atomic mass is 19.1. The monoisotopic (exact) mass is 352 g/mol. The maximum Gasteiger partial charge on any atom is 0.306 e. The molecule has 3 atom stereocenters. The van der Waals surface area contributed by atoms with Crippen molar-refractivity contribution < 1.29 is 28.3 Å². The Morgan fingerprint density at radius 1 is 1.20 bits per heavy atom. The first-order valence-corrected chi connectivity index (χ1v) is 8.13. The zero-order chi connectivity index (χ0) is 18.1. The first-order valence-electron chi connectivity index (χ1n) is 8.13. The highest BCUT2D eigenvalue weighted by Crippen LogP contribution is 2.29. The number of hydrogen-bond donors (Lipinski definition) is 2. The summed E-state index contributed by atoms with van der Waals surface area (Å²) in [5, 5.41) is 11.8. The average Bonchev–Trinajstić information content (AvgIpc) is 3.14. The zero-order valence-corrected chi connectivity index (χ0v) is 13.4. The van der Waals surface area contributed by atoms with Crippen LogP contribution < -0.4 is 10.2 Å². The van der Waals surface area contributed by atoms with Gasteiger partial charge >= 0.3 is 5.97 Å². The fourth-order valence-corrected chi connectivity index (χ4v) is 3.47. The summed E-state index contributed by atoms with van der Waals surface area (Å²) < 4.78 is 26.9. The third-order valence-corrected chi connectivity index (χ3v) is 4.82. The number of amides is 2. The van der Waals surface area contributed by atoms with Gasteiger partial charge in [-0.3, -0.25) is 14.4 Å². The maximum absolute atomic E-state index is 13.9. The second kappa shape index (κ2) is 6.78. The van der Waals surface area contributed by atoms with E-state index in [4.69, 9.17) is 5.11 Å². The topological polar surface area (TPSA) is 86.7 Å². The average molecular weight is 352 g/mol. The van der Waals surface area contributed by atoms with Crippen molar-refractivity contribution in [2.24, 2.45) is 11.8 Å². The number of carboxylic acid groups (broad SMARTS) is 1. The number of carbonyl (C=O) groups excluding carboxylic acids is 2. The number of benzene rings is 1. The number of nitrogens with zero attached hydrogens (tertiary/aromatic N) is 1. The lowest BCUT2D eigenvalue weighted by Crippen LogP contribution is -2.39. The van der Waals surface area contributed by atoms with Crippen LogP contribution in [0.1, 0.15) is 25.7 Å². The summed E-state index contributed by atoms with van der Waals surface area (Å²) in [5.41, 5.74) is -0.0477. The number of carboxylic acids is 1. The molecule has 1 saturated heterocycles. The Morgan fingerprint density at radius 3 is 2.60 bits per heavy atom. The molecule has 1 saturated carbocycles. The minimum absolute atomic E-state index is 0.0162. The molecule has 6 nitrogen and oxygen atoms in total. The van der Waals surface area contributed by atoms with Gasteiger partial charge in [-0.05, 0) is 31.4 Å². The Morgan fingerprint density at radius 2 is 1.96 bits per heavy atom. The van der Waals surface area contributed by atoms with Gasteiger partial charge in [0, 0.05) is 25.1 Å². The van der Waals surface area contributed by atoms with E-state index >= 15 is 0 Å². The molecule has 0 spiro atoms. The van der Waals surface area contributed by atoms with Gasteiger partial charge in [0.2, 0.25) is 11.8 Å². The molecule has 2 N–H and O–H groups in total. The van der Waals surface area contributed by atoms with Crippen molar-refractivity contribution in [1.29, 1.82) is 0 Å². The minimum atomic E-state index is -0.870. The summed E-state index contributed by atoms with van der Waals surface area (Å²) in [6.45, 7) is 0.0162. The summed E-state index contributed by atoms with van der Waals surface area (Å²) in [6.07, 6.45) is 1.41. The lowest BCUT2D eigenvalue weighted by atomic mass is 10.1. The van der Waals surface area contributed by atoms with Crippen molar-refractivity contribution >= 4 is 23.5 Å². The Labute approximate surface area is 142 Å². The van der Waals surface area contributed by atoms with Crippen molar-refractivity contribution in [3.05, 3.63) is 29.8 Å². The van der Waals surface area contributed by atoms with Crippen LogP contribution in [0.3, 0.4) is 0 Å². The molecule has 2 aliphatic rings. The van der Waals surface area contributed by atoms with Gasteiger partial charge in [0.15, 0.2) is 0 Å². The molecule has 2 amide bonds. The second-order valence-electron chi connectivity index (χ2n) is 6.55. The SMILES string of the molecule is O=C(N[C@H]1CC[C@@H](C(=O)O)C1)C1CC(=O)N(c2ccc(F)cc2F)C1. The van der Waals surface area contributed by atoms with E-state index in [1.165, 1.54) is 6.07 Å². The van der Waals surface area contributed by atoms with Gasteiger partial charge < -0.3 is 15.3 Å². The van der Waals surface area contributed by atoms with E-state index in [1.54, 1.807) is 0 Å². The molecule has 1 heterocycles. The zero-order valence-electron chi connectivity index (χ0n) is 13.4. The van der Waals surface area contributed by atoms with Gasteiger partial charge in [0.1, 0.15) is 11.6 Å². The molecule has 8 heteroatoms. The van der Waals surface area contributed by atoms with E-state index < -0.39 is 35.3 Å². The normalized spacial score (nSPS) is 26.1. The van der Waals surface area contributed by atoms with Gasteiger partial charge in [0.25, 0.3) is 0 Å². The van der Waals surface area contributed by atoms with Crippen molar-refractivity contribution in [3.8, 4) is 0 Å². The molecule has 134 valence electrons. The number of halogens is 2. The fraction of sp³-hybridized carbons (Fsp3) is 0.471.